The van der Waals surface area contributed by atoms with E-state index in [1.807, 2.05) is 61.5 Å². The smallest absolute Gasteiger partial charge is 0.316 e. The molecule has 0 saturated heterocycles. The van der Waals surface area contributed by atoms with Crippen LogP contribution in [0.5, 0.6) is 0 Å². The van der Waals surface area contributed by atoms with Gasteiger partial charge in [0.15, 0.2) is 0 Å². The number of para-hydroxylation sites is 1. The van der Waals surface area contributed by atoms with E-state index in [9.17, 15) is 9.59 Å². The predicted octanol–water partition coefficient (Wildman–Crippen LogP) is 5.24. The first-order chi connectivity index (χ1) is 16.4. The van der Waals surface area contributed by atoms with Crippen molar-refractivity contribution in [2.75, 3.05) is 5.32 Å². The average Bonchev–Trinajstić information content (AvgIpc) is 3.26. The van der Waals surface area contributed by atoms with Crippen LogP contribution in [-0.4, -0.2) is 27.8 Å². The number of benzene rings is 3. The second-order valence-electron chi connectivity index (χ2n) is 7.36. The van der Waals surface area contributed by atoms with Crippen LogP contribution in [0.3, 0.4) is 0 Å². The van der Waals surface area contributed by atoms with E-state index in [1.54, 1.807) is 16.9 Å². The lowest BCUT2D eigenvalue weighted by molar-refractivity contribution is -0.136. The number of nitrogens with zero attached hydrogens (tertiary/aromatic N) is 3. The molecule has 170 valence electrons. The molecule has 0 aliphatic rings. The number of aromatic nitrogens is 2. The lowest BCUT2D eigenvalue weighted by atomic mass is 10.1. The Morgan fingerprint density at radius 2 is 1.71 bits per heavy atom. The van der Waals surface area contributed by atoms with Crippen molar-refractivity contribution in [1.29, 1.82) is 0 Å². The maximum absolute atomic E-state index is 12.2. The van der Waals surface area contributed by atoms with Crippen molar-refractivity contribution in [3.05, 3.63) is 100 Å². The van der Waals surface area contributed by atoms with Gasteiger partial charge < -0.3 is 5.32 Å². The highest BCUT2D eigenvalue weighted by molar-refractivity contribution is 6.42. The summed E-state index contributed by atoms with van der Waals surface area (Å²) >= 11 is 11.9. The van der Waals surface area contributed by atoms with Gasteiger partial charge in [-0.25, -0.2) is 10.1 Å². The number of carbonyl (C=O) groups excluding carboxylic acids is 2. The second kappa shape index (κ2) is 10.3. The number of halogens is 2. The molecule has 34 heavy (non-hydrogen) atoms. The molecule has 0 unspecified atom stereocenters. The third kappa shape index (κ3) is 5.51. The monoisotopic (exact) mass is 491 g/mol. The minimum Gasteiger partial charge on any atom is -0.316 e. The van der Waals surface area contributed by atoms with E-state index >= 15 is 0 Å². The molecule has 1 heterocycles. The summed E-state index contributed by atoms with van der Waals surface area (Å²) < 4.78 is 1.73. The minimum absolute atomic E-state index is 0.226. The third-order valence-electron chi connectivity index (χ3n) is 4.84. The molecule has 0 bridgehead atoms. The summed E-state index contributed by atoms with van der Waals surface area (Å²) in [6, 6.07) is 22.1. The second-order valence-corrected chi connectivity index (χ2v) is 8.20. The van der Waals surface area contributed by atoms with Crippen LogP contribution in [0.4, 0.5) is 5.69 Å². The summed E-state index contributed by atoms with van der Waals surface area (Å²) in [7, 11) is 0. The summed E-state index contributed by atoms with van der Waals surface area (Å²) in [5.74, 6) is -1.89. The molecule has 9 heteroatoms. The average molecular weight is 492 g/mol. The Balaban J connectivity index is 1.54. The number of carbonyl (C=O) groups is 2. The zero-order valence-corrected chi connectivity index (χ0v) is 19.5. The van der Waals surface area contributed by atoms with Crippen molar-refractivity contribution in [3.8, 4) is 16.9 Å². The molecule has 2 amide bonds. The van der Waals surface area contributed by atoms with Gasteiger partial charge in [-0.05, 0) is 37.3 Å². The molecule has 0 aliphatic heterocycles. The number of hydrazone groups is 1. The van der Waals surface area contributed by atoms with E-state index < -0.39 is 11.8 Å². The van der Waals surface area contributed by atoms with Crippen LogP contribution in [0, 0.1) is 6.92 Å². The quantitative estimate of drug-likeness (QED) is 0.227. The molecular weight excluding hydrogens is 473 g/mol. The van der Waals surface area contributed by atoms with Crippen LogP contribution in [-0.2, 0) is 9.59 Å². The zero-order valence-electron chi connectivity index (χ0n) is 18.0. The number of rotatable bonds is 5. The van der Waals surface area contributed by atoms with Gasteiger partial charge in [0, 0.05) is 22.3 Å². The molecule has 0 aliphatic carbocycles. The van der Waals surface area contributed by atoms with Gasteiger partial charge in [0.25, 0.3) is 0 Å². The van der Waals surface area contributed by atoms with Crippen molar-refractivity contribution in [1.82, 2.24) is 15.2 Å². The molecule has 0 spiro atoms. The first-order valence-corrected chi connectivity index (χ1v) is 11.0. The molecular formula is C25H19Cl2N5O2. The van der Waals surface area contributed by atoms with Crippen LogP contribution >= 0.6 is 23.2 Å². The summed E-state index contributed by atoms with van der Waals surface area (Å²) in [6.45, 7) is 2.01. The highest BCUT2D eigenvalue weighted by Crippen LogP contribution is 2.25. The first-order valence-electron chi connectivity index (χ1n) is 10.2. The first kappa shape index (κ1) is 23.2. The lowest BCUT2D eigenvalue weighted by Gasteiger charge is -2.06. The number of hydrogen-bond donors (Lipinski definition) is 2. The molecule has 0 atom stereocenters. The van der Waals surface area contributed by atoms with E-state index in [-0.39, 0.29) is 10.7 Å². The highest BCUT2D eigenvalue weighted by Gasteiger charge is 2.16. The van der Waals surface area contributed by atoms with Crippen LogP contribution in [0.1, 0.15) is 11.1 Å². The predicted molar refractivity (Wildman–Crippen MR) is 135 cm³/mol. The number of nitrogens with one attached hydrogen (secondary N) is 2. The van der Waals surface area contributed by atoms with Crippen LogP contribution < -0.4 is 10.7 Å². The Morgan fingerprint density at radius 1 is 0.971 bits per heavy atom. The van der Waals surface area contributed by atoms with Crippen molar-refractivity contribution < 1.29 is 9.59 Å². The Hall–Kier alpha value is -3.94. The van der Waals surface area contributed by atoms with Crippen LogP contribution in [0.25, 0.3) is 16.9 Å². The maximum atomic E-state index is 12.2. The maximum Gasteiger partial charge on any atom is 0.329 e. The Labute approximate surface area is 206 Å². The summed E-state index contributed by atoms with van der Waals surface area (Å²) in [4.78, 5) is 24.4. The van der Waals surface area contributed by atoms with Gasteiger partial charge in [-0.15, -0.1) is 0 Å². The van der Waals surface area contributed by atoms with Gasteiger partial charge in [0.2, 0.25) is 0 Å². The fourth-order valence-electron chi connectivity index (χ4n) is 3.11. The molecule has 4 aromatic rings. The fourth-order valence-corrected chi connectivity index (χ4v) is 3.45. The van der Waals surface area contributed by atoms with Crippen molar-refractivity contribution >= 4 is 46.9 Å². The topological polar surface area (TPSA) is 88.4 Å². The Morgan fingerprint density at radius 3 is 2.44 bits per heavy atom. The molecule has 4 rings (SSSR count). The van der Waals surface area contributed by atoms with Gasteiger partial charge in [0.05, 0.1) is 22.6 Å². The standard InChI is InChI=1S/C25H19Cl2N5O2/c1-16-7-9-17(10-8-16)23-18(15-32(31-23)20-5-3-2-4-6-20)14-28-30-25(34)24(33)29-22-13-19(26)11-12-21(22)27/h2-15H,1H3,(H,29,33)(H,30,34). The third-order valence-corrected chi connectivity index (χ3v) is 5.41. The van der Waals surface area contributed by atoms with E-state index in [0.29, 0.717) is 16.3 Å². The fraction of sp³-hybridized carbons (Fsp3) is 0.0400. The van der Waals surface area contributed by atoms with Gasteiger partial charge in [0.1, 0.15) is 5.69 Å². The van der Waals surface area contributed by atoms with E-state index in [2.05, 4.69) is 15.8 Å². The molecule has 3 aromatic carbocycles. The van der Waals surface area contributed by atoms with Crippen LogP contribution in [0.2, 0.25) is 10.0 Å². The van der Waals surface area contributed by atoms with Crippen molar-refractivity contribution in [2.24, 2.45) is 5.10 Å². The van der Waals surface area contributed by atoms with Gasteiger partial charge in [-0.3, -0.25) is 9.59 Å². The highest BCUT2D eigenvalue weighted by atomic mass is 35.5. The molecule has 0 fully saturated rings. The summed E-state index contributed by atoms with van der Waals surface area (Å²) in [6.07, 6.45) is 3.24. The molecule has 0 radical (unpaired) electrons. The Kier molecular flexibility index (Phi) is 7.06. The van der Waals surface area contributed by atoms with E-state index in [4.69, 9.17) is 28.3 Å². The normalized spacial score (nSPS) is 10.9. The van der Waals surface area contributed by atoms with Gasteiger partial charge in [-0.1, -0.05) is 71.2 Å². The van der Waals surface area contributed by atoms with Crippen molar-refractivity contribution in [3.63, 3.8) is 0 Å². The zero-order chi connectivity index (χ0) is 24.1. The SMILES string of the molecule is Cc1ccc(-c2nn(-c3ccccc3)cc2C=NNC(=O)C(=O)Nc2cc(Cl)ccc2Cl)cc1. The van der Waals surface area contributed by atoms with Crippen LogP contribution in [0.15, 0.2) is 84.1 Å². The largest absolute Gasteiger partial charge is 0.329 e. The summed E-state index contributed by atoms with van der Waals surface area (Å²) in [5.41, 5.74) is 6.68. The Bertz CT molecular complexity index is 1370. The number of amides is 2. The lowest BCUT2D eigenvalue weighted by Crippen LogP contribution is -2.32. The molecule has 0 saturated carbocycles. The number of anilines is 1. The molecule has 7 nitrogen and oxygen atoms in total. The number of hydrogen-bond acceptors (Lipinski definition) is 4. The minimum atomic E-state index is -0.959. The number of aryl methyl sites for hydroxylation is 1. The van der Waals surface area contributed by atoms with Crippen molar-refractivity contribution in [2.45, 2.75) is 6.92 Å². The molecule has 2 N–H and O–H groups in total. The van der Waals surface area contributed by atoms with Gasteiger partial charge in [-0.2, -0.15) is 10.2 Å². The van der Waals surface area contributed by atoms with Gasteiger partial charge >= 0.3 is 11.8 Å². The molecule has 1 aromatic heterocycles. The van der Waals surface area contributed by atoms with E-state index in [1.165, 1.54) is 18.3 Å². The summed E-state index contributed by atoms with van der Waals surface area (Å²) in [5, 5.41) is 11.7. The van der Waals surface area contributed by atoms with E-state index in [0.717, 1.165) is 16.8 Å².